The highest BCUT2D eigenvalue weighted by molar-refractivity contribution is 5.99. The molecule has 1 aromatic heterocycles. The summed E-state index contributed by atoms with van der Waals surface area (Å²) in [5.74, 6) is -0.782. The standard InChI is InChI=1S/C12H16N2O4/c1-17-8-12(11(13)16)4-2-5-14(12)10(15)9-3-6-18-7-9/h3,6-7H,2,4-5,8H2,1H3,(H2,13,16). The second-order valence-electron chi connectivity index (χ2n) is 4.40. The molecule has 6 nitrogen and oxygen atoms in total. The van der Waals surface area contributed by atoms with Crippen molar-refractivity contribution < 1.29 is 18.7 Å². The van der Waals surface area contributed by atoms with Crippen molar-refractivity contribution in [3.8, 4) is 0 Å². The van der Waals surface area contributed by atoms with E-state index in [1.165, 1.54) is 24.5 Å². The van der Waals surface area contributed by atoms with Crippen LogP contribution in [0.2, 0.25) is 0 Å². The summed E-state index contributed by atoms with van der Waals surface area (Å²) < 4.78 is 9.96. The van der Waals surface area contributed by atoms with Gasteiger partial charge in [-0.2, -0.15) is 0 Å². The van der Waals surface area contributed by atoms with Crippen LogP contribution >= 0.6 is 0 Å². The number of furan rings is 1. The van der Waals surface area contributed by atoms with Gasteiger partial charge in [-0.1, -0.05) is 0 Å². The van der Waals surface area contributed by atoms with Gasteiger partial charge in [0.15, 0.2) is 0 Å². The molecular formula is C12H16N2O4. The van der Waals surface area contributed by atoms with Crippen LogP contribution in [0.4, 0.5) is 0 Å². The van der Waals surface area contributed by atoms with Gasteiger partial charge in [-0.15, -0.1) is 0 Å². The first-order chi connectivity index (χ1) is 8.62. The van der Waals surface area contributed by atoms with Crippen molar-refractivity contribution >= 4 is 11.8 Å². The zero-order valence-corrected chi connectivity index (χ0v) is 10.2. The van der Waals surface area contributed by atoms with Crippen LogP contribution in [0, 0.1) is 0 Å². The van der Waals surface area contributed by atoms with Gasteiger partial charge in [-0.3, -0.25) is 9.59 Å². The van der Waals surface area contributed by atoms with Crippen molar-refractivity contribution in [2.24, 2.45) is 5.73 Å². The van der Waals surface area contributed by atoms with Crippen LogP contribution in [0.25, 0.3) is 0 Å². The smallest absolute Gasteiger partial charge is 0.258 e. The fourth-order valence-corrected chi connectivity index (χ4v) is 2.43. The summed E-state index contributed by atoms with van der Waals surface area (Å²) in [6.45, 7) is 0.613. The van der Waals surface area contributed by atoms with Crippen molar-refractivity contribution in [3.63, 3.8) is 0 Å². The number of nitrogens with zero attached hydrogens (tertiary/aromatic N) is 1. The van der Waals surface area contributed by atoms with Crippen LogP contribution in [0.1, 0.15) is 23.2 Å². The highest BCUT2D eigenvalue weighted by Gasteiger charge is 2.48. The minimum Gasteiger partial charge on any atom is -0.472 e. The summed E-state index contributed by atoms with van der Waals surface area (Å²) in [5.41, 5.74) is 4.84. The fraction of sp³-hybridized carbons (Fsp3) is 0.500. The SMILES string of the molecule is COCC1(C(N)=O)CCCN1C(=O)c1ccoc1. The number of nitrogens with two attached hydrogens (primary N) is 1. The van der Waals surface area contributed by atoms with Crippen LogP contribution in [0.3, 0.4) is 0 Å². The molecular weight excluding hydrogens is 236 g/mol. The summed E-state index contributed by atoms with van der Waals surface area (Å²) in [4.78, 5) is 25.5. The number of methoxy groups -OCH3 is 1. The maximum absolute atomic E-state index is 12.3. The number of carbonyl (C=O) groups excluding carboxylic acids is 2. The van der Waals surface area contributed by atoms with Crippen molar-refractivity contribution in [2.45, 2.75) is 18.4 Å². The molecule has 1 aliphatic rings. The van der Waals surface area contributed by atoms with Gasteiger partial charge in [0.2, 0.25) is 5.91 Å². The Labute approximate surface area is 105 Å². The number of likely N-dealkylation sites (tertiary alicyclic amines) is 1. The minimum absolute atomic E-state index is 0.117. The molecule has 1 atom stereocenters. The first-order valence-corrected chi connectivity index (χ1v) is 5.75. The lowest BCUT2D eigenvalue weighted by Gasteiger charge is -2.34. The Morgan fingerprint density at radius 2 is 2.39 bits per heavy atom. The molecule has 2 heterocycles. The molecule has 18 heavy (non-hydrogen) atoms. The number of ether oxygens (including phenoxy) is 1. The highest BCUT2D eigenvalue weighted by Crippen LogP contribution is 2.31. The molecule has 98 valence electrons. The van der Waals surface area contributed by atoms with E-state index < -0.39 is 11.4 Å². The zero-order valence-electron chi connectivity index (χ0n) is 10.2. The Morgan fingerprint density at radius 3 is 2.94 bits per heavy atom. The lowest BCUT2D eigenvalue weighted by atomic mass is 9.96. The second kappa shape index (κ2) is 4.81. The molecule has 6 heteroatoms. The molecule has 2 rings (SSSR count). The third kappa shape index (κ3) is 1.88. The van der Waals surface area contributed by atoms with Crippen molar-refractivity contribution in [1.82, 2.24) is 4.90 Å². The number of amides is 2. The Morgan fingerprint density at radius 1 is 1.61 bits per heavy atom. The highest BCUT2D eigenvalue weighted by atomic mass is 16.5. The Balaban J connectivity index is 2.30. The van der Waals surface area contributed by atoms with E-state index in [-0.39, 0.29) is 12.5 Å². The molecule has 0 aromatic carbocycles. The van der Waals surface area contributed by atoms with Crippen LogP contribution < -0.4 is 5.73 Å². The summed E-state index contributed by atoms with van der Waals surface area (Å²) in [6.07, 6.45) is 4.04. The topological polar surface area (TPSA) is 85.8 Å². The molecule has 0 bridgehead atoms. The zero-order chi connectivity index (χ0) is 13.2. The summed E-state index contributed by atoms with van der Waals surface area (Å²) in [5, 5.41) is 0. The van der Waals surface area contributed by atoms with Gasteiger partial charge < -0.3 is 19.8 Å². The maximum Gasteiger partial charge on any atom is 0.258 e. The van der Waals surface area contributed by atoms with E-state index in [4.69, 9.17) is 14.9 Å². The number of hydrogen-bond donors (Lipinski definition) is 1. The van der Waals surface area contributed by atoms with E-state index >= 15 is 0 Å². The number of primary amides is 1. The van der Waals surface area contributed by atoms with Crippen LogP contribution in [0.5, 0.6) is 0 Å². The van der Waals surface area contributed by atoms with Crippen molar-refractivity contribution in [3.05, 3.63) is 24.2 Å². The van der Waals surface area contributed by atoms with E-state index in [1.807, 2.05) is 0 Å². The molecule has 1 aromatic rings. The number of hydrogen-bond acceptors (Lipinski definition) is 4. The Hall–Kier alpha value is -1.82. The molecule has 0 spiro atoms. The van der Waals surface area contributed by atoms with Gasteiger partial charge in [-0.05, 0) is 18.9 Å². The quantitative estimate of drug-likeness (QED) is 0.839. The first kappa shape index (κ1) is 12.6. The molecule has 1 fully saturated rings. The van der Waals surface area contributed by atoms with Crippen molar-refractivity contribution in [2.75, 3.05) is 20.3 Å². The summed E-state index contributed by atoms with van der Waals surface area (Å²) in [7, 11) is 1.49. The van der Waals surface area contributed by atoms with E-state index in [2.05, 4.69) is 0 Å². The number of rotatable bonds is 4. The monoisotopic (exact) mass is 252 g/mol. The number of carbonyl (C=O) groups is 2. The lowest BCUT2D eigenvalue weighted by molar-refractivity contribution is -0.130. The van der Waals surface area contributed by atoms with E-state index in [0.717, 1.165) is 6.42 Å². The molecule has 0 radical (unpaired) electrons. The third-order valence-electron chi connectivity index (χ3n) is 3.34. The molecule has 1 saturated heterocycles. The van der Waals surface area contributed by atoms with Crippen molar-refractivity contribution in [1.29, 1.82) is 0 Å². The normalized spacial score (nSPS) is 23.3. The molecule has 1 aliphatic heterocycles. The Bertz CT molecular complexity index is 443. The lowest BCUT2D eigenvalue weighted by Crippen LogP contribution is -2.58. The Kier molecular flexibility index (Phi) is 3.38. The van der Waals surface area contributed by atoms with Gasteiger partial charge in [-0.25, -0.2) is 0 Å². The van der Waals surface area contributed by atoms with Gasteiger partial charge in [0.1, 0.15) is 11.8 Å². The van der Waals surface area contributed by atoms with E-state index in [0.29, 0.717) is 18.5 Å². The first-order valence-electron chi connectivity index (χ1n) is 5.75. The minimum atomic E-state index is -1.04. The van der Waals surface area contributed by atoms with E-state index in [1.54, 1.807) is 6.07 Å². The van der Waals surface area contributed by atoms with Gasteiger partial charge in [0, 0.05) is 13.7 Å². The maximum atomic E-state index is 12.3. The molecule has 2 N–H and O–H groups in total. The predicted molar refractivity (Wildman–Crippen MR) is 62.8 cm³/mol. The largest absolute Gasteiger partial charge is 0.472 e. The third-order valence-corrected chi connectivity index (χ3v) is 3.34. The van der Waals surface area contributed by atoms with Crippen LogP contribution in [-0.4, -0.2) is 42.5 Å². The summed E-state index contributed by atoms with van der Waals surface area (Å²) >= 11 is 0. The fourth-order valence-electron chi connectivity index (χ4n) is 2.43. The average molecular weight is 252 g/mol. The molecule has 0 saturated carbocycles. The van der Waals surface area contributed by atoms with Crippen LogP contribution in [-0.2, 0) is 9.53 Å². The van der Waals surface area contributed by atoms with Crippen LogP contribution in [0.15, 0.2) is 23.0 Å². The average Bonchev–Trinajstić information content (AvgIpc) is 2.98. The van der Waals surface area contributed by atoms with Gasteiger partial charge in [0.25, 0.3) is 5.91 Å². The molecule has 1 unspecified atom stereocenters. The van der Waals surface area contributed by atoms with Gasteiger partial charge >= 0.3 is 0 Å². The molecule has 0 aliphatic carbocycles. The van der Waals surface area contributed by atoms with E-state index in [9.17, 15) is 9.59 Å². The molecule has 2 amide bonds. The summed E-state index contributed by atoms with van der Waals surface area (Å²) in [6, 6.07) is 1.57. The predicted octanol–water partition coefficient (Wildman–Crippen LogP) is 0.386. The van der Waals surface area contributed by atoms with Gasteiger partial charge in [0.05, 0.1) is 18.4 Å². The second-order valence-corrected chi connectivity index (χ2v) is 4.40.